The molecular formula is C28H32N4O6S. The standard InChI is InChI=1S/C28H32N4O6S/c1-4-29-28(34)26(17-22-11-7-5-8-12-22)30(19-23-13-9-6-10-14-23)27(33)20-31(39(3,37)38)25-18-24(32(35)36)16-15-21(25)2/h5-16,18,26H,4,17,19-20H2,1-3H3,(H,29,34)/t26-/m1/s1. The largest absolute Gasteiger partial charge is 0.355 e. The van der Waals surface area contributed by atoms with Crippen molar-refractivity contribution >= 4 is 33.2 Å². The number of nitro groups is 1. The van der Waals surface area contributed by atoms with Gasteiger partial charge in [-0.25, -0.2) is 8.42 Å². The first-order valence-corrected chi connectivity index (χ1v) is 14.2. The van der Waals surface area contributed by atoms with Gasteiger partial charge in [0.2, 0.25) is 21.8 Å². The molecule has 39 heavy (non-hydrogen) atoms. The van der Waals surface area contributed by atoms with Crippen LogP contribution in [-0.2, 0) is 32.6 Å². The van der Waals surface area contributed by atoms with Crippen LogP contribution in [0.3, 0.4) is 0 Å². The first kappa shape index (κ1) is 29.3. The molecule has 0 saturated carbocycles. The van der Waals surface area contributed by atoms with E-state index in [0.29, 0.717) is 12.1 Å². The fourth-order valence-corrected chi connectivity index (χ4v) is 5.10. The van der Waals surface area contributed by atoms with Crippen LogP contribution in [0.4, 0.5) is 11.4 Å². The minimum Gasteiger partial charge on any atom is -0.355 e. The maximum Gasteiger partial charge on any atom is 0.271 e. The van der Waals surface area contributed by atoms with Gasteiger partial charge in [0.05, 0.1) is 16.9 Å². The van der Waals surface area contributed by atoms with Crippen molar-refractivity contribution in [3.8, 4) is 0 Å². The van der Waals surface area contributed by atoms with Crippen LogP contribution < -0.4 is 9.62 Å². The normalized spacial score (nSPS) is 11.9. The Labute approximate surface area is 228 Å². The fourth-order valence-electron chi connectivity index (χ4n) is 4.20. The molecule has 0 unspecified atom stereocenters. The third-order valence-electron chi connectivity index (χ3n) is 6.17. The molecule has 0 heterocycles. The van der Waals surface area contributed by atoms with Crippen molar-refractivity contribution in [3.63, 3.8) is 0 Å². The molecule has 3 aromatic rings. The molecule has 10 nitrogen and oxygen atoms in total. The first-order valence-electron chi connectivity index (χ1n) is 12.4. The van der Waals surface area contributed by atoms with E-state index in [2.05, 4.69) is 5.32 Å². The Morgan fingerprint density at radius 1 is 0.974 bits per heavy atom. The van der Waals surface area contributed by atoms with Crippen LogP contribution in [0.25, 0.3) is 0 Å². The van der Waals surface area contributed by atoms with Gasteiger partial charge in [0.15, 0.2) is 0 Å². The first-order chi connectivity index (χ1) is 18.5. The van der Waals surface area contributed by atoms with E-state index in [-0.39, 0.29) is 30.2 Å². The Balaban J connectivity index is 2.07. The van der Waals surface area contributed by atoms with Gasteiger partial charge in [-0.3, -0.25) is 24.0 Å². The minimum absolute atomic E-state index is 0.0253. The Hall–Kier alpha value is -4.25. The van der Waals surface area contributed by atoms with Crippen molar-refractivity contribution in [1.29, 1.82) is 0 Å². The number of benzene rings is 3. The van der Waals surface area contributed by atoms with Gasteiger partial charge in [0, 0.05) is 31.6 Å². The number of nitrogens with zero attached hydrogens (tertiary/aromatic N) is 3. The summed E-state index contributed by atoms with van der Waals surface area (Å²) >= 11 is 0. The van der Waals surface area contributed by atoms with E-state index >= 15 is 0 Å². The number of aryl methyl sites for hydroxylation is 1. The number of nitro benzene ring substituents is 1. The topological polar surface area (TPSA) is 130 Å². The Bertz CT molecular complexity index is 1410. The van der Waals surface area contributed by atoms with E-state index in [1.165, 1.54) is 17.0 Å². The number of non-ortho nitro benzene ring substituents is 1. The molecule has 0 saturated heterocycles. The van der Waals surface area contributed by atoms with Gasteiger partial charge >= 0.3 is 0 Å². The van der Waals surface area contributed by atoms with E-state index in [1.54, 1.807) is 13.8 Å². The molecule has 1 atom stereocenters. The molecule has 3 rings (SSSR count). The predicted molar refractivity (Wildman–Crippen MR) is 150 cm³/mol. The maximum atomic E-state index is 14.0. The summed E-state index contributed by atoms with van der Waals surface area (Å²) in [4.78, 5) is 39.4. The summed E-state index contributed by atoms with van der Waals surface area (Å²) in [5, 5.41) is 14.2. The molecule has 0 fully saturated rings. The predicted octanol–water partition coefficient (Wildman–Crippen LogP) is 3.45. The molecule has 0 spiro atoms. The van der Waals surface area contributed by atoms with E-state index in [0.717, 1.165) is 27.8 Å². The number of carbonyl (C=O) groups excluding carboxylic acids is 2. The number of hydrogen-bond donors (Lipinski definition) is 1. The quantitative estimate of drug-likeness (QED) is 0.271. The summed E-state index contributed by atoms with van der Waals surface area (Å²) < 4.78 is 26.6. The average molecular weight is 553 g/mol. The molecule has 3 aromatic carbocycles. The highest BCUT2D eigenvalue weighted by Crippen LogP contribution is 2.28. The average Bonchev–Trinajstić information content (AvgIpc) is 2.90. The molecular weight excluding hydrogens is 520 g/mol. The lowest BCUT2D eigenvalue weighted by Crippen LogP contribution is -2.53. The highest BCUT2D eigenvalue weighted by atomic mass is 32.2. The number of sulfonamides is 1. The Morgan fingerprint density at radius 3 is 2.10 bits per heavy atom. The second-order valence-corrected chi connectivity index (χ2v) is 11.0. The van der Waals surface area contributed by atoms with Gasteiger partial charge in [-0.05, 0) is 30.5 Å². The summed E-state index contributed by atoms with van der Waals surface area (Å²) in [7, 11) is -4.04. The third-order valence-corrected chi connectivity index (χ3v) is 7.30. The van der Waals surface area contributed by atoms with Crippen molar-refractivity contribution in [2.45, 2.75) is 32.9 Å². The van der Waals surface area contributed by atoms with Crippen molar-refractivity contribution in [3.05, 3.63) is 106 Å². The summed E-state index contributed by atoms with van der Waals surface area (Å²) in [6.45, 7) is 3.14. The van der Waals surface area contributed by atoms with Crippen LogP contribution in [0.2, 0.25) is 0 Å². The van der Waals surface area contributed by atoms with E-state index in [1.807, 2.05) is 60.7 Å². The summed E-state index contributed by atoms with van der Waals surface area (Å²) in [6.07, 6.45) is 1.14. The molecule has 2 amide bonds. The maximum absolute atomic E-state index is 14.0. The Morgan fingerprint density at radius 2 is 1.56 bits per heavy atom. The van der Waals surface area contributed by atoms with Gasteiger partial charge < -0.3 is 10.2 Å². The van der Waals surface area contributed by atoms with Crippen molar-refractivity contribution in [2.24, 2.45) is 0 Å². The molecule has 1 N–H and O–H groups in total. The highest BCUT2D eigenvalue weighted by Gasteiger charge is 2.33. The van der Waals surface area contributed by atoms with Gasteiger partial charge in [-0.1, -0.05) is 66.7 Å². The lowest BCUT2D eigenvalue weighted by Gasteiger charge is -2.33. The monoisotopic (exact) mass is 552 g/mol. The molecule has 0 aliphatic heterocycles. The molecule has 11 heteroatoms. The van der Waals surface area contributed by atoms with Crippen molar-refractivity contribution in [1.82, 2.24) is 10.2 Å². The van der Waals surface area contributed by atoms with Gasteiger partial charge in [-0.2, -0.15) is 0 Å². The molecule has 0 bridgehead atoms. The van der Waals surface area contributed by atoms with Crippen molar-refractivity contribution in [2.75, 3.05) is 23.7 Å². The number of likely N-dealkylation sites (N-methyl/N-ethyl adjacent to an activating group) is 1. The minimum atomic E-state index is -4.04. The number of rotatable bonds is 12. The summed E-state index contributed by atoms with van der Waals surface area (Å²) in [6, 6.07) is 21.2. The second-order valence-electron chi connectivity index (χ2n) is 9.10. The second kappa shape index (κ2) is 13.0. The van der Waals surface area contributed by atoms with Gasteiger partial charge in [0.25, 0.3) is 5.69 Å². The van der Waals surface area contributed by atoms with Crippen LogP contribution >= 0.6 is 0 Å². The van der Waals surface area contributed by atoms with Crippen LogP contribution in [0.5, 0.6) is 0 Å². The van der Waals surface area contributed by atoms with Crippen LogP contribution in [-0.4, -0.2) is 55.4 Å². The Kier molecular flexibility index (Phi) is 9.78. The van der Waals surface area contributed by atoms with E-state index in [4.69, 9.17) is 0 Å². The third kappa shape index (κ3) is 7.87. The zero-order valence-electron chi connectivity index (χ0n) is 22.1. The van der Waals surface area contributed by atoms with Gasteiger partial charge in [-0.15, -0.1) is 0 Å². The zero-order chi connectivity index (χ0) is 28.6. The number of nitrogens with one attached hydrogen (secondary N) is 1. The summed E-state index contributed by atoms with van der Waals surface area (Å²) in [5.74, 6) is -0.995. The lowest BCUT2D eigenvalue weighted by molar-refractivity contribution is -0.384. The van der Waals surface area contributed by atoms with Crippen LogP contribution in [0.1, 0.15) is 23.6 Å². The molecule has 0 aliphatic rings. The molecule has 206 valence electrons. The molecule has 0 radical (unpaired) electrons. The zero-order valence-corrected chi connectivity index (χ0v) is 22.9. The lowest BCUT2D eigenvalue weighted by atomic mass is 10.0. The molecule has 0 aromatic heterocycles. The van der Waals surface area contributed by atoms with Crippen LogP contribution in [0.15, 0.2) is 78.9 Å². The number of anilines is 1. The van der Waals surface area contributed by atoms with Gasteiger partial charge in [0.1, 0.15) is 12.6 Å². The van der Waals surface area contributed by atoms with E-state index < -0.39 is 33.4 Å². The number of hydrogen-bond acceptors (Lipinski definition) is 6. The fraction of sp³-hybridized carbons (Fsp3) is 0.286. The number of carbonyl (C=O) groups is 2. The van der Waals surface area contributed by atoms with Crippen molar-refractivity contribution < 1.29 is 22.9 Å². The smallest absolute Gasteiger partial charge is 0.271 e. The molecule has 0 aliphatic carbocycles. The SMILES string of the molecule is CCNC(=O)[C@@H](Cc1ccccc1)N(Cc1ccccc1)C(=O)CN(c1cc([N+](=O)[O-])ccc1C)S(C)(=O)=O. The number of amides is 2. The van der Waals surface area contributed by atoms with E-state index in [9.17, 15) is 28.1 Å². The van der Waals surface area contributed by atoms with Crippen LogP contribution in [0, 0.1) is 17.0 Å². The highest BCUT2D eigenvalue weighted by molar-refractivity contribution is 7.92. The summed E-state index contributed by atoms with van der Waals surface area (Å²) in [5.41, 5.74) is 1.75.